The van der Waals surface area contributed by atoms with Crippen LogP contribution in [0.3, 0.4) is 0 Å². The zero-order chi connectivity index (χ0) is 11.4. The largest absolute Gasteiger partial charge is 0.259 e. The third-order valence-corrected chi connectivity index (χ3v) is 2.16. The van der Waals surface area contributed by atoms with Crippen molar-refractivity contribution < 1.29 is 4.92 Å². The summed E-state index contributed by atoms with van der Waals surface area (Å²) >= 11 is 0. The molecule has 1 aromatic rings. The van der Waals surface area contributed by atoms with Gasteiger partial charge in [0, 0.05) is 12.0 Å². The van der Waals surface area contributed by atoms with E-state index >= 15 is 0 Å². The molecule has 0 spiro atoms. The molecule has 1 rings (SSSR count). The normalized spacial score (nSPS) is 11.9. The summed E-state index contributed by atoms with van der Waals surface area (Å²) in [6, 6.07) is 7.68. The van der Waals surface area contributed by atoms with Gasteiger partial charge in [-0.3, -0.25) is 10.1 Å². The maximum atomic E-state index is 10.8. The van der Waals surface area contributed by atoms with Gasteiger partial charge in [0.15, 0.2) is 0 Å². The van der Waals surface area contributed by atoms with E-state index in [0.717, 1.165) is 11.1 Å². The molecule has 0 radical (unpaired) electrons. The second kappa shape index (κ2) is 4.73. The van der Waals surface area contributed by atoms with Gasteiger partial charge in [0.05, 0.1) is 4.92 Å². The first-order valence-electron chi connectivity index (χ1n) is 4.93. The van der Waals surface area contributed by atoms with Crippen molar-refractivity contribution in [3.8, 4) is 0 Å². The molecule has 0 amide bonds. The number of rotatable bonds is 3. The summed E-state index contributed by atoms with van der Waals surface area (Å²) in [5.41, 5.74) is 2.24. The fourth-order valence-corrected chi connectivity index (χ4v) is 1.36. The van der Waals surface area contributed by atoms with Crippen LogP contribution in [0.4, 0.5) is 0 Å². The maximum absolute atomic E-state index is 10.8. The molecule has 15 heavy (non-hydrogen) atoms. The number of allylic oxidation sites excluding steroid dienone is 1. The Morgan fingerprint density at radius 1 is 1.47 bits per heavy atom. The van der Waals surface area contributed by atoms with Crippen molar-refractivity contribution in [1.82, 2.24) is 0 Å². The first-order chi connectivity index (χ1) is 7.00. The highest BCUT2D eigenvalue weighted by atomic mass is 16.6. The average Bonchev–Trinajstić information content (AvgIpc) is 2.13. The number of nitro groups is 1. The van der Waals surface area contributed by atoms with E-state index in [1.807, 2.05) is 45.0 Å². The molecule has 0 heterocycles. The van der Waals surface area contributed by atoms with E-state index < -0.39 is 0 Å². The van der Waals surface area contributed by atoms with Gasteiger partial charge in [-0.25, -0.2) is 0 Å². The van der Waals surface area contributed by atoms with Crippen LogP contribution in [0.25, 0.3) is 6.08 Å². The molecule has 1 aromatic carbocycles. The van der Waals surface area contributed by atoms with Crippen LogP contribution < -0.4 is 0 Å². The molecule has 3 heteroatoms. The SMILES string of the molecule is Cc1cccc(/C=C(/C(C)C)[N+](=O)[O-])c1. The molecule has 0 aliphatic heterocycles. The van der Waals surface area contributed by atoms with Gasteiger partial charge in [0.2, 0.25) is 5.70 Å². The van der Waals surface area contributed by atoms with E-state index in [2.05, 4.69) is 0 Å². The van der Waals surface area contributed by atoms with E-state index in [4.69, 9.17) is 0 Å². The zero-order valence-corrected chi connectivity index (χ0v) is 9.23. The molecule has 0 N–H and O–H groups in total. The van der Waals surface area contributed by atoms with Crippen LogP contribution in [0.1, 0.15) is 25.0 Å². The highest BCUT2D eigenvalue weighted by Gasteiger charge is 2.15. The van der Waals surface area contributed by atoms with E-state index in [0.29, 0.717) is 0 Å². The highest BCUT2D eigenvalue weighted by molar-refractivity contribution is 5.52. The number of hydrogen-bond acceptors (Lipinski definition) is 2. The molecule has 0 aromatic heterocycles. The fraction of sp³-hybridized carbons (Fsp3) is 0.333. The molecule has 0 saturated heterocycles. The van der Waals surface area contributed by atoms with Crippen molar-refractivity contribution >= 4 is 6.08 Å². The van der Waals surface area contributed by atoms with Crippen molar-refractivity contribution in [2.45, 2.75) is 20.8 Å². The smallest absolute Gasteiger partial charge is 0.249 e. The first-order valence-corrected chi connectivity index (χ1v) is 4.93. The van der Waals surface area contributed by atoms with Crippen LogP contribution in [0, 0.1) is 23.0 Å². The average molecular weight is 205 g/mol. The Balaban J connectivity index is 3.08. The van der Waals surface area contributed by atoms with Gasteiger partial charge in [-0.2, -0.15) is 0 Å². The Hall–Kier alpha value is -1.64. The molecule has 80 valence electrons. The minimum Gasteiger partial charge on any atom is -0.259 e. The Morgan fingerprint density at radius 2 is 2.13 bits per heavy atom. The van der Waals surface area contributed by atoms with Crippen molar-refractivity contribution in [2.75, 3.05) is 0 Å². The van der Waals surface area contributed by atoms with Crippen molar-refractivity contribution in [2.24, 2.45) is 5.92 Å². The quantitative estimate of drug-likeness (QED) is 0.561. The maximum Gasteiger partial charge on any atom is 0.249 e. The Kier molecular flexibility index (Phi) is 3.61. The molecule has 0 aliphatic carbocycles. The Bertz CT molecular complexity index is 394. The minimum atomic E-state index is -0.312. The summed E-state index contributed by atoms with van der Waals surface area (Å²) in [7, 11) is 0. The molecular weight excluding hydrogens is 190 g/mol. The van der Waals surface area contributed by atoms with E-state index in [9.17, 15) is 10.1 Å². The van der Waals surface area contributed by atoms with Crippen LogP contribution in [0.15, 0.2) is 30.0 Å². The van der Waals surface area contributed by atoms with Crippen LogP contribution in [0.5, 0.6) is 0 Å². The van der Waals surface area contributed by atoms with Crippen molar-refractivity contribution in [1.29, 1.82) is 0 Å². The molecule has 0 aliphatic rings. The molecule has 0 fully saturated rings. The molecule has 0 atom stereocenters. The van der Waals surface area contributed by atoms with Gasteiger partial charge in [-0.15, -0.1) is 0 Å². The van der Waals surface area contributed by atoms with Crippen molar-refractivity contribution in [3.05, 3.63) is 51.2 Å². The van der Waals surface area contributed by atoms with Gasteiger partial charge in [-0.05, 0) is 12.5 Å². The lowest BCUT2D eigenvalue weighted by Gasteiger charge is -2.02. The number of hydrogen-bond donors (Lipinski definition) is 0. The second-order valence-electron chi connectivity index (χ2n) is 3.90. The zero-order valence-electron chi connectivity index (χ0n) is 9.23. The fourth-order valence-electron chi connectivity index (χ4n) is 1.36. The first kappa shape index (κ1) is 11.4. The summed E-state index contributed by atoms with van der Waals surface area (Å²) in [6.45, 7) is 5.62. The van der Waals surface area contributed by atoms with E-state index in [-0.39, 0.29) is 16.5 Å². The van der Waals surface area contributed by atoms with Crippen LogP contribution in [-0.2, 0) is 0 Å². The van der Waals surface area contributed by atoms with Gasteiger partial charge >= 0.3 is 0 Å². The lowest BCUT2D eigenvalue weighted by molar-refractivity contribution is -0.431. The predicted molar refractivity (Wildman–Crippen MR) is 61.0 cm³/mol. The third-order valence-electron chi connectivity index (χ3n) is 2.16. The molecule has 0 saturated carbocycles. The minimum absolute atomic E-state index is 0.0690. The van der Waals surface area contributed by atoms with Crippen LogP contribution >= 0.6 is 0 Å². The molecular formula is C12H15NO2. The van der Waals surface area contributed by atoms with Gasteiger partial charge < -0.3 is 0 Å². The van der Waals surface area contributed by atoms with Crippen LogP contribution in [0.2, 0.25) is 0 Å². The summed E-state index contributed by atoms with van der Waals surface area (Å²) < 4.78 is 0. The van der Waals surface area contributed by atoms with Gasteiger partial charge in [0.1, 0.15) is 0 Å². The Morgan fingerprint density at radius 3 is 2.60 bits per heavy atom. The lowest BCUT2D eigenvalue weighted by atomic mass is 10.1. The second-order valence-corrected chi connectivity index (χ2v) is 3.90. The lowest BCUT2D eigenvalue weighted by Crippen LogP contribution is -2.05. The van der Waals surface area contributed by atoms with Gasteiger partial charge in [-0.1, -0.05) is 43.7 Å². The van der Waals surface area contributed by atoms with E-state index in [1.165, 1.54) is 0 Å². The highest BCUT2D eigenvalue weighted by Crippen LogP contribution is 2.15. The molecule has 3 nitrogen and oxygen atoms in total. The number of aryl methyl sites for hydroxylation is 1. The van der Waals surface area contributed by atoms with Crippen molar-refractivity contribution in [3.63, 3.8) is 0 Å². The van der Waals surface area contributed by atoms with Crippen LogP contribution in [-0.4, -0.2) is 4.92 Å². The third kappa shape index (κ3) is 3.20. The predicted octanol–water partition coefficient (Wildman–Crippen LogP) is 3.27. The topological polar surface area (TPSA) is 43.1 Å². The summed E-state index contributed by atoms with van der Waals surface area (Å²) in [5, 5.41) is 10.8. The number of benzene rings is 1. The van der Waals surface area contributed by atoms with Gasteiger partial charge in [0.25, 0.3) is 0 Å². The van der Waals surface area contributed by atoms with E-state index in [1.54, 1.807) is 6.08 Å². The Labute approximate surface area is 89.6 Å². The standard InChI is InChI=1S/C12H15NO2/c1-9(2)12(13(14)15)8-11-6-4-5-10(3)7-11/h4-9H,1-3H3/b12-8-. The molecule has 0 bridgehead atoms. The summed E-state index contributed by atoms with van der Waals surface area (Å²) in [4.78, 5) is 10.5. The molecule has 0 unspecified atom stereocenters. The summed E-state index contributed by atoms with van der Waals surface area (Å²) in [5.74, 6) is -0.0690. The number of nitrogens with zero attached hydrogens (tertiary/aromatic N) is 1. The monoisotopic (exact) mass is 205 g/mol. The summed E-state index contributed by atoms with van der Waals surface area (Å²) in [6.07, 6.45) is 1.64.